The molecule has 1 unspecified atom stereocenters. The summed E-state index contributed by atoms with van der Waals surface area (Å²) in [7, 11) is 0. The summed E-state index contributed by atoms with van der Waals surface area (Å²) in [6, 6.07) is 24.1. The van der Waals surface area contributed by atoms with Gasteiger partial charge < -0.3 is 26.0 Å². The van der Waals surface area contributed by atoms with Gasteiger partial charge in [0.15, 0.2) is 0 Å². The van der Waals surface area contributed by atoms with Crippen LogP contribution in [0.3, 0.4) is 0 Å². The number of carbonyl (C=O) groups is 2. The molecule has 0 saturated heterocycles. The van der Waals surface area contributed by atoms with Crippen molar-refractivity contribution in [3.63, 3.8) is 0 Å². The molecule has 0 heterocycles. The largest absolute Gasteiger partial charge is 0.489 e. The van der Waals surface area contributed by atoms with Crippen LogP contribution in [0.5, 0.6) is 11.5 Å². The Morgan fingerprint density at radius 2 is 1.32 bits per heavy atom. The van der Waals surface area contributed by atoms with E-state index in [1.165, 1.54) is 0 Å². The average molecular weight is 422 g/mol. The third kappa shape index (κ3) is 8.69. The predicted octanol–water partition coefficient (Wildman–Crippen LogP) is 3.01. The number of hydrogen-bond donors (Lipinski definition) is 3. The average Bonchev–Trinajstić information content (AvgIpc) is 2.82. The predicted molar refractivity (Wildman–Crippen MR) is 118 cm³/mol. The van der Waals surface area contributed by atoms with Crippen LogP contribution in [0.1, 0.15) is 21.5 Å². The Hall–Kier alpha value is -3.68. The molecule has 0 spiro atoms. The van der Waals surface area contributed by atoms with Crippen molar-refractivity contribution < 1.29 is 24.2 Å². The Bertz CT molecular complexity index is 887. The fourth-order valence-corrected chi connectivity index (χ4v) is 2.41. The molecule has 3 rings (SSSR count). The molecule has 162 valence electrons. The highest BCUT2D eigenvalue weighted by Gasteiger charge is 2.06. The van der Waals surface area contributed by atoms with E-state index in [1.54, 1.807) is 18.2 Å². The summed E-state index contributed by atoms with van der Waals surface area (Å²) in [5.41, 5.74) is 12.4. The standard InChI is InChI=1S/C21H18O3.C3H8N2O2/c22-14-19-11-20(23-15-17-7-3-1-4-8-17)13-21(12-19)24-16-18-9-5-2-6-10-18;4-1-2(5)3(6)7/h1-14H,15-16H2;2H,1,4-5H2,(H,6,7). The first-order valence-electron chi connectivity index (χ1n) is 9.64. The summed E-state index contributed by atoms with van der Waals surface area (Å²) in [5, 5.41) is 7.98. The van der Waals surface area contributed by atoms with Crippen molar-refractivity contribution in [2.45, 2.75) is 19.3 Å². The van der Waals surface area contributed by atoms with Crippen LogP contribution in [-0.4, -0.2) is 29.9 Å². The van der Waals surface area contributed by atoms with Gasteiger partial charge in [-0.15, -0.1) is 0 Å². The Balaban J connectivity index is 0.000000423. The smallest absolute Gasteiger partial charge is 0.321 e. The van der Waals surface area contributed by atoms with E-state index in [2.05, 4.69) is 0 Å². The van der Waals surface area contributed by atoms with E-state index in [4.69, 9.17) is 26.0 Å². The van der Waals surface area contributed by atoms with Crippen LogP contribution in [-0.2, 0) is 18.0 Å². The first kappa shape index (κ1) is 23.6. The quantitative estimate of drug-likeness (QED) is 0.453. The van der Waals surface area contributed by atoms with Crippen molar-refractivity contribution in [3.05, 3.63) is 95.6 Å². The maximum atomic E-state index is 11.1. The molecule has 0 aliphatic rings. The van der Waals surface area contributed by atoms with Crippen molar-refractivity contribution in [2.24, 2.45) is 11.5 Å². The number of ether oxygens (including phenoxy) is 2. The van der Waals surface area contributed by atoms with Crippen LogP contribution in [0.15, 0.2) is 78.9 Å². The molecule has 3 aromatic carbocycles. The molecule has 0 aliphatic heterocycles. The van der Waals surface area contributed by atoms with Gasteiger partial charge in [-0.05, 0) is 23.3 Å². The first-order chi connectivity index (χ1) is 15.0. The molecule has 0 saturated carbocycles. The SMILES string of the molecule is NCC(N)C(=O)O.O=Cc1cc(OCc2ccccc2)cc(OCc2ccccc2)c1. The third-order valence-corrected chi connectivity index (χ3v) is 4.11. The Kier molecular flexibility index (Phi) is 9.74. The molecule has 0 fully saturated rings. The van der Waals surface area contributed by atoms with Gasteiger partial charge in [0.1, 0.15) is 37.0 Å². The lowest BCUT2D eigenvalue weighted by Gasteiger charge is -2.11. The zero-order chi connectivity index (χ0) is 22.5. The Morgan fingerprint density at radius 3 is 1.65 bits per heavy atom. The summed E-state index contributed by atoms with van der Waals surface area (Å²) < 4.78 is 11.6. The molecule has 1 atom stereocenters. The molecular formula is C24H26N2O5. The van der Waals surface area contributed by atoms with Gasteiger partial charge in [0, 0.05) is 18.2 Å². The fourth-order valence-electron chi connectivity index (χ4n) is 2.41. The lowest BCUT2D eigenvalue weighted by Crippen LogP contribution is -2.37. The molecule has 0 bridgehead atoms. The monoisotopic (exact) mass is 422 g/mol. The van der Waals surface area contributed by atoms with Crippen molar-refractivity contribution in [1.29, 1.82) is 0 Å². The van der Waals surface area contributed by atoms with Crippen LogP contribution >= 0.6 is 0 Å². The Labute approximate surface area is 181 Å². The van der Waals surface area contributed by atoms with Gasteiger partial charge in [-0.3, -0.25) is 9.59 Å². The third-order valence-electron chi connectivity index (χ3n) is 4.11. The number of aldehydes is 1. The molecule has 7 heteroatoms. The van der Waals surface area contributed by atoms with Gasteiger partial charge in [0.2, 0.25) is 0 Å². The number of benzene rings is 3. The number of rotatable bonds is 9. The molecular weight excluding hydrogens is 396 g/mol. The molecule has 0 aromatic heterocycles. The minimum atomic E-state index is -1.05. The van der Waals surface area contributed by atoms with Crippen molar-refractivity contribution in [2.75, 3.05) is 6.54 Å². The molecule has 7 nitrogen and oxygen atoms in total. The minimum Gasteiger partial charge on any atom is -0.489 e. The maximum absolute atomic E-state index is 11.1. The van der Waals surface area contributed by atoms with E-state index < -0.39 is 12.0 Å². The van der Waals surface area contributed by atoms with Gasteiger partial charge in [-0.1, -0.05) is 60.7 Å². The van der Waals surface area contributed by atoms with Crippen LogP contribution in [0.4, 0.5) is 0 Å². The lowest BCUT2D eigenvalue weighted by molar-refractivity contribution is -0.138. The van der Waals surface area contributed by atoms with Crippen LogP contribution < -0.4 is 20.9 Å². The topological polar surface area (TPSA) is 125 Å². The highest BCUT2D eigenvalue weighted by Crippen LogP contribution is 2.24. The highest BCUT2D eigenvalue weighted by molar-refractivity contribution is 5.76. The van der Waals surface area contributed by atoms with Crippen LogP contribution in [0.2, 0.25) is 0 Å². The maximum Gasteiger partial charge on any atom is 0.321 e. The molecule has 5 N–H and O–H groups in total. The van der Waals surface area contributed by atoms with Gasteiger partial charge in [-0.2, -0.15) is 0 Å². The summed E-state index contributed by atoms with van der Waals surface area (Å²) >= 11 is 0. The fraction of sp³-hybridized carbons (Fsp3) is 0.167. The lowest BCUT2D eigenvalue weighted by atomic mass is 10.2. The Morgan fingerprint density at radius 1 is 0.871 bits per heavy atom. The van der Waals surface area contributed by atoms with Gasteiger partial charge >= 0.3 is 5.97 Å². The highest BCUT2D eigenvalue weighted by atomic mass is 16.5. The van der Waals surface area contributed by atoms with E-state index in [9.17, 15) is 9.59 Å². The minimum absolute atomic E-state index is 0.00463. The van der Waals surface area contributed by atoms with Crippen molar-refractivity contribution >= 4 is 12.3 Å². The summed E-state index contributed by atoms with van der Waals surface area (Å²) in [5.74, 6) is 0.181. The number of nitrogens with two attached hydrogens (primary N) is 2. The molecule has 0 amide bonds. The van der Waals surface area contributed by atoms with Crippen molar-refractivity contribution in [3.8, 4) is 11.5 Å². The molecule has 0 aliphatic carbocycles. The number of carboxylic acids is 1. The molecule has 3 aromatic rings. The molecule has 0 radical (unpaired) electrons. The first-order valence-corrected chi connectivity index (χ1v) is 9.64. The van der Waals surface area contributed by atoms with Gasteiger partial charge in [0.05, 0.1) is 0 Å². The summed E-state index contributed by atoms with van der Waals surface area (Å²) in [4.78, 5) is 20.9. The second kappa shape index (κ2) is 12.8. The number of hydrogen-bond acceptors (Lipinski definition) is 6. The second-order valence-electron chi connectivity index (χ2n) is 6.58. The number of carbonyl (C=O) groups excluding carboxylic acids is 1. The van der Waals surface area contributed by atoms with E-state index >= 15 is 0 Å². The van der Waals surface area contributed by atoms with E-state index in [0.29, 0.717) is 30.3 Å². The van der Waals surface area contributed by atoms with E-state index in [0.717, 1.165) is 17.4 Å². The summed E-state index contributed by atoms with van der Waals surface area (Å²) in [6.45, 7) is 0.887. The van der Waals surface area contributed by atoms with Gasteiger partial charge in [-0.25, -0.2) is 0 Å². The number of carboxylic acid groups (broad SMARTS) is 1. The number of aliphatic carboxylic acids is 1. The van der Waals surface area contributed by atoms with E-state index in [1.807, 2.05) is 60.7 Å². The zero-order valence-electron chi connectivity index (χ0n) is 17.0. The summed E-state index contributed by atoms with van der Waals surface area (Å²) in [6.07, 6.45) is 0.796. The van der Waals surface area contributed by atoms with Crippen LogP contribution in [0, 0.1) is 0 Å². The second-order valence-corrected chi connectivity index (χ2v) is 6.58. The van der Waals surface area contributed by atoms with Crippen molar-refractivity contribution in [1.82, 2.24) is 0 Å². The van der Waals surface area contributed by atoms with Crippen LogP contribution in [0.25, 0.3) is 0 Å². The normalized spacial score (nSPS) is 10.9. The van der Waals surface area contributed by atoms with Gasteiger partial charge in [0.25, 0.3) is 0 Å². The zero-order valence-corrected chi connectivity index (χ0v) is 17.0. The van der Waals surface area contributed by atoms with E-state index in [-0.39, 0.29) is 6.54 Å². The molecule has 31 heavy (non-hydrogen) atoms.